The third-order valence-corrected chi connectivity index (χ3v) is 1.27. The smallest absolute Gasteiger partial charge is 0.221 e. The monoisotopic (exact) mass is 138 g/mol. The van der Waals surface area contributed by atoms with Crippen LogP contribution < -0.4 is 5.73 Å². The van der Waals surface area contributed by atoms with Gasteiger partial charge in [-0.3, -0.25) is 4.79 Å². The Kier molecular flexibility index (Phi) is 1.76. The second-order valence-electron chi connectivity index (χ2n) is 2.33. The van der Waals surface area contributed by atoms with Crippen LogP contribution in [0.1, 0.15) is 11.3 Å². The molecule has 0 spiro atoms. The van der Waals surface area contributed by atoms with Gasteiger partial charge in [-0.25, -0.2) is 0 Å². The zero-order valence-electron chi connectivity index (χ0n) is 5.85. The molecule has 0 atom stereocenters. The topological polar surface area (TPSA) is 58.9 Å². The molecule has 3 nitrogen and oxygen atoms in total. The first-order valence-electron chi connectivity index (χ1n) is 3.10. The molecular weight excluding hydrogens is 128 g/mol. The molecule has 0 aliphatic carbocycles. The van der Waals surface area contributed by atoms with Crippen molar-refractivity contribution in [3.63, 3.8) is 0 Å². The molecule has 1 aromatic rings. The van der Waals surface area contributed by atoms with Crippen LogP contribution in [0.25, 0.3) is 0 Å². The van der Waals surface area contributed by atoms with Crippen LogP contribution in [-0.2, 0) is 11.2 Å². The van der Waals surface area contributed by atoms with Crippen molar-refractivity contribution < 1.29 is 4.79 Å². The summed E-state index contributed by atoms with van der Waals surface area (Å²) < 4.78 is 0. The van der Waals surface area contributed by atoms with Crippen molar-refractivity contribution in [2.75, 3.05) is 0 Å². The van der Waals surface area contributed by atoms with Gasteiger partial charge in [0.2, 0.25) is 5.91 Å². The molecule has 1 heterocycles. The molecule has 0 aromatic carbocycles. The lowest BCUT2D eigenvalue weighted by Crippen LogP contribution is -2.12. The van der Waals surface area contributed by atoms with E-state index in [1.165, 1.54) is 0 Å². The third-order valence-electron chi connectivity index (χ3n) is 1.27. The molecule has 1 aromatic heterocycles. The van der Waals surface area contributed by atoms with Crippen molar-refractivity contribution >= 4 is 5.91 Å². The lowest BCUT2D eigenvalue weighted by atomic mass is 10.2. The summed E-state index contributed by atoms with van der Waals surface area (Å²) in [7, 11) is 0. The van der Waals surface area contributed by atoms with Crippen molar-refractivity contribution in [2.45, 2.75) is 13.3 Å². The Labute approximate surface area is 59.2 Å². The number of carbonyl (C=O) groups is 1. The molecule has 54 valence electrons. The van der Waals surface area contributed by atoms with Gasteiger partial charge < -0.3 is 10.7 Å². The Morgan fingerprint density at radius 2 is 2.50 bits per heavy atom. The molecule has 1 rings (SSSR count). The molecule has 0 bridgehead atoms. The van der Waals surface area contributed by atoms with Crippen molar-refractivity contribution in [3.8, 4) is 0 Å². The van der Waals surface area contributed by atoms with Crippen LogP contribution >= 0.6 is 0 Å². The van der Waals surface area contributed by atoms with Crippen molar-refractivity contribution in [3.05, 3.63) is 23.5 Å². The van der Waals surface area contributed by atoms with E-state index in [0.717, 1.165) is 11.3 Å². The summed E-state index contributed by atoms with van der Waals surface area (Å²) in [4.78, 5) is 13.4. The van der Waals surface area contributed by atoms with Gasteiger partial charge in [-0.15, -0.1) is 0 Å². The van der Waals surface area contributed by atoms with E-state index < -0.39 is 0 Å². The minimum atomic E-state index is -0.293. The summed E-state index contributed by atoms with van der Waals surface area (Å²) in [5.41, 5.74) is 6.98. The van der Waals surface area contributed by atoms with Gasteiger partial charge in [0.05, 0.1) is 6.42 Å². The quantitative estimate of drug-likeness (QED) is 0.608. The average molecular weight is 138 g/mol. The highest BCUT2D eigenvalue weighted by Gasteiger charge is 1.98. The largest absolute Gasteiger partial charge is 0.369 e. The zero-order chi connectivity index (χ0) is 7.56. The Balaban J connectivity index is 2.67. The fourth-order valence-corrected chi connectivity index (χ4v) is 0.871. The summed E-state index contributed by atoms with van der Waals surface area (Å²) in [5, 5.41) is 0. The maximum Gasteiger partial charge on any atom is 0.221 e. The number of aryl methyl sites for hydroxylation is 1. The van der Waals surface area contributed by atoms with Crippen LogP contribution in [0.15, 0.2) is 12.3 Å². The molecular formula is C7H10N2O. The Morgan fingerprint density at radius 3 is 2.90 bits per heavy atom. The molecule has 0 unspecified atom stereocenters. The van der Waals surface area contributed by atoms with Crippen LogP contribution in [0.5, 0.6) is 0 Å². The van der Waals surface area contributed by atoms with Crippen LogP contribution in [0.2, 0.25) is 0 Å². The highest BCUT2D eigenvalue weighted by atomic mass is 16.1. The molecule has 0 fully saturated rings. The lowest BCUT2D eigenvalue weighted by molar-refractivity contribution is -0.117. The molecule has 0 radical (unpaired) electrons. The molecule has 0 aliphatic rings. The first-order valence-corrected chi connectivity index (χ1v) is 3.10. The van der Waals surface area contributed by atoms with Crippen molar-refractivity contribution in [1.29, 1.82) is 0 Å². The fourth-order valence-electron chi connectivity index (χ4n) is 0.871. The van der Waals surface area contributed by atoms with E-state index in [9.17, 15) is 4.79 Å². The van der Waals surface area contributed by atoms with E-state index >= 15 is 0 Å². The fraction of sp³-hybridized carbons (Fsp3) is 0.286. The molecule has 0 aliphatic heterocycles. The number of aromatic amines is 1. The molecule has 3 N–H and O–H groups in total. The van der Waals surface area contributed by atoms with Crippen molar-refractivity contribution in [1.82, 2.24) is 4.98 Å². The number of amides is 1. The number of nitrogens with one attached hydrogen (secondary N) is 1. The SMILES string of the molecule is Cc1cc(CC(N)=O)c[nH]1. The lowest BCUT2D eigenvalue weighted by Gasteiger charge is -1.87. The Hall–Kier alpha value is -1.25. The second-order valence-corrected chi connectivity index (χ2v) is 2.33. The minimum Gasteiger partial charge on any atom is -0.369 e. The molecule has 3 heteroatoms. The number of H-pyrrole nitrogens is 1. The predicted octanol–water partition coefficient (Wildman–Crippen LogP) is 0.351. The summed E-state index contributed by atoms with van der Waals surface area (Å²) in [6, 6.07) is 1.91. The van der Waals surface area contributed by atoms with Crippen LogP contribution in [0.4, 0.5) is 0 Å². The normalized spacial score (nSPS) is 9.70. The van der Waals surface area contributed by atoms with Crippen LogP contribution in [0, 0.1) is 6.92 Å². The Morgan fingerprint density at radius 1 is 1.80 bits per heavy atom. The summed E-state index contributed by atoms with van der Waals surface area (Å²) in [6.45, 7) is 1.94. The number of hydrogen-bond donors (Lipinski definition) is 2. The average Bonchev–Trinajstić information content (AvgIpc) is 2.13. The van der Waals surface area contributed by atoms with E-state index in [1.807, 2.05) is 13.0 Å². The minimum absolute atomic E-state index is 0.293. The molecule has 1 amide bonds. The van der Waals surface area contributed by atoms with Gasteiger partial charge in [0.1, 0.15) is 0 Å². The number of carbonyl (C=O) groups excluding carboxylic acids is 1. The second kappa shape index (κ2) is 2.56. The van der Waals surface area contributed by atoms with Gasteiger partial charge in [-0.05, 0) is 18.6 Å². The van der Waals surface area contributed by atoms with Gasteiger partial charge in [0.15, 0.2) is 0 Å². The van der Waals surface area contributed by atoms with Gasteiger partial charge in [-0.1, -0.05) is 0 Å². The third kappa shape index (κ3) is 1.62. The maximum atomic E-state index is 10.4. The number of rotatable bonds is 2. The summed E-state index contributed by atoms with van der Waals surface area (Å²) in [5.74, 6) is -0.293. The zero-order valence-corrected chi connectivity index (χ0v) is 5.85. The molecule has 0 saturated carbocycles. The van der Waals surface area contributed by atoms with E-state index in [-0.39, 0.29) is 5.91 Å². The molecule has 0 saturated heterocycles. The van der Waals surface area contributed by atoms with Gasteiger partial charge in [0, 0.05) is 11.9 Å². The Bertz CT molecular complexity index is 240. The predicted molar refractivity (Wildman–Crippen MR) is 38.4 cm³/mol. The van der Waals surface area contributed by atoms with E-state index in [0.29, 0.717) is 6.42 Å². The number of hydrogen-bond acceptors (Lipinski definition) is 1. The van der Waals surface area contributed by atoms with Crippen LogP contribution in [-0.4, -0.2) is 10.9 Å². The van der Waals surface area contributed by atoms with Gasteiger partial charge in [-0.2, -0.15) is 0 Å². The highest BCUT2D eigenvalue weighted by Crippen LogP contribution is 2.01. The summed E-state index contributed by atoms with van der Waals surface area (Å²) in [6.07, 6.45) is 2.12. The highest BCUT2D eigenvalue weighted by molar-refractivity contribution is 5.76. The molecule has 10 heavy (non-hydrogen) atoms. The van der Waals surface area contributed by atoms with E-state index in [1.54, 1.807) is 6.20 Å². The first-order chi connectivity index (χ1) is 4.68. The van der Waals surface area contributed by atoms with E-state index in [2.05, 4.69) is 4.98 Å². The number of aromatic nitrogens is 1. The van der Waals surface area contributed by atoms with Gasteiger partial charge >= 0.3 is 0 Å². The summed E-state index contributed by atoms with van der Waals surface area (Å²) >= 11 is 0. The number of primary amides is 1. The maximum absolute atomic E-state index is 10.4. The standard InChI is InChI=1S/C7H10N2O/c1-5-2-6(4-9-5)3-7(8)10/h2,4,9H,3H2,1H3,(H2,8,10). The van der Waals surface area contributed by atoms with E-state index in [4.69, 9.17) is 5.73 Å². The first kappa shape index (κ1) is 6.86. The van der Waals surface area contributed by atoms with Crippen molar-refractivity contribution in [2.24, 2.45) is 5.73 Å². The number of nitrogens with two attached hydrogens (primary N) is 1. The van der Waals surface area contributed by atoms with Gasteiger partial charge in [0.25, 0.3) is 0 Å². The van der Waals surface area contributed by atoms with Crippen LogP contribution in [0.3, 0.4) is 0 Å².